The number of hydrogen-bond acceptors (Lipinski definition) is 4. The predicted molar refractivity (Wildman–Crippen MR) is 92.4 cm³/mol. The number of nitrogens with zero attached hydrogens (tertiary/aromatic N) is 2. The van der Waals surface area contributed by atoms with Gasteiger partial charge in [-0.2, -0.15) is 13.2 Å². The molecule has 3 rings (SSSR count). The van der Waals surface area contributed by atoms with Gasteiger partial charge in [-0.15, -0.1) is 0 Å². The van der Waals surface area contributed by atoms with E-state index in [-0.39, 0.29) is 23.9 Å². The van der Waals surface area contributed by atoms with Crippen LogP contribution in [-0.2, 0) is 6.18 Å². The number of rotatable bonds is 4. The Balaban J connectivity index is 1.49. The Labute approximate surface area is 155 Å². The molecule has 0 aliphatic heterocycles. The largest absolute Gasteiger partial charge is 0.474 e. The highest BCUT2D eigenvalue weighted by atomic mass is 19.4. The zero-order valence-electron chi connectivity index (χ0n) is 14.8. The first kappa shape index (κ1) is 19.1. The molecule has 2 heterocycles. The molecule has 0 unspecified atom stereocenters. The zero-order valence-corrected chi connectivity index (χ0v) is 14.8. The SMILES string of the molecule is Cc1ncccc1C(=O)NC1CCC(Oc2ccc(C(F)(F)F)cn2)CC1. The molecule has 5 nitrogen and oxygen atoms in total. The van der Waals surface area contributed by atoms with Crippen LogP contribution in [0.15, 0.2) is 36.7 Å². The van der Waals surface area contributed by atoms with E-state index in [9.17, 15) is 18.0 Å². The van der Waals surface area contributed by atoms with Crippen molar-refractivity contribution >= 4 is 5.91 Å². The highest BCUT2D eigenvalue weighted by Crippen LogP contribution is 2.30. The number of ether oxygens (including phenoxy) is 1. The van der Waals surface area contributed by atoms with E-state index in [2.05, 4.69) is 15.3 Å². The second-order valence-electron chi connectivity index (χ2n) is 6.58. The first-order valence-corrected chi connectivity index (χ1v) is 8.75. The lowest BCUT2D eigenvalue weighted by molar-refractivity contribution is -0.137. The molecule has 1 fully saturated rings. The van der Waals surface area contributed by atoms with Crippen LogP contribution in [0.1, 0.15) is 47.3 Å². The number of aryl methyl sites for hydroxylation is 1. The van der Waals surface area contributed by atoms with Gasteiger partial charge in [0.15, 0.2) is 0 Å². The molecule has 0 radical (unpaired) electrons. The molecule has 27 heavy (non-hydrogen) atoms. The molecule has 0 saturated heterocycles. The second-order valence-corrected chi connectivity index (χ2v) is 6.58. The number of hydrogen-bond donors (Lipinski definition) is 1. The van der Waals surface area contributed by atoms with E-state index in [1.54, 1.807) is 25.3 Å². The fourth-order valence-corrected chi connectivity index (χ4v) is 3.10. The minimum atomic E-state index is -4.41. The Bertz CT molecular complexity index is 786. The van der Waals surface area contributed by atoms with Crippen LogP contribution in [-0.4, -0.2) is 28.0 Å². The minimum absolute atomic E-state index is 0.0394. The van der Waals surface area contributed by atoms with Gasteiger partial charge in [-0.25, -0.2) is 4.98 Å². The van der Waals surface area contributed by atoms with Gasteiger partial charge < -0.3 is 10.1 Å². The van der Waals surface area contributed by atoms with Crippen LogP contribution in [0.25, 0.3) is 0 Å². The van der Waals surface area contributed by atoms with Crippen LogP contribution in [0.2, 0.25) is 0 Å². The van der Waals surface area contributed by atoms with Gasteiger partial charge in [-0.05, 0) is 50.8 Å². The molecule has 1 amide bonds. The molecule has 0 atom stereocenters. The highest BCUT2D eigenvalue weighted by Gasteiger charge is 2.31. The van der Waals surface area contributed by atoms with E-state index in [1.807, 2.05) is 0 Å². The van der Waals surface area contributed by atoms with E-state index in [0.717, 1.165) is 25.1 Å². The summed E-state index contributed by atoms with van der Waals surface area (Å²) in [6.07, 6.45) is 0.740. The maximum atomic E-state index is 12.6. The van der Waals surface area contributed by atoms with E-state index < -0.39 is 11.7 Å². The number of amides is 1. The fraction of sp³-hybridized carbons (Fsp3) is 0.421. The molecule has 8 heteroatoms. The van der Waals surface area contributed by atoms with Crippen molar-refractivity contribution in [1.29, 1.82) is 0 Å². The molecule has 1 aliphatic rings. The summed E-state index contributed by atoms with van der Waals surface area (Å²) in [4.78, 5) is 20.2. The first-order chi connectivity index (χ1) is 12.8. The molecule has 0 bridgehead atoms. The van der Waals surface area contributed by atoms with E-state index in [4.69, 9.17) is 4.74 Å². The molecular formula is C19H20F3N3O2. The van der Waals surface area contributed by atoms with Crippen molar-refractivity contribution in [3.05, 3.63) is 53.5 Å². The van der Waals surface area contributed by atoms with Crippen LogP contribution < -0.4 is 10.1 Å². The average Bonchev–Trinajstić information content (AvgIpc) is 2.63. The lowest BCUT2D eigenvalue weighted by atomic mass is 9.92. The van der Waals surface area contributed by atoms with E-state index in [1.165, 1.54) is 6.07 Å². The van der Waals surface area contributed by atoms with Crippen LogP contribution in [0, 0.1) is 6.92 Å². The smallest absolute Gasteiger partial charge is 0.417 e. The van der Waals surface area contributed by atoms with E-state index >= 15 is 0 Å². The third-order valence-electron chi connectivity index (χ3n) is 4.61. The van der Waals surface area contributed by atoms with Crippen molar-refractivity contribution in [3.8, 4) is 5.88 Å². The Morgan fingerprint density at radius 3 is 2.48 bits per heavy atom. The van der Waals surface area contributed by atoms with Crippen molar-refractivity contribution < 1.29 is 22.7 Å². The Hall–Kier alpha value is -2.64. The molecule has 1 aliphatic carbocycles. The predicted octanol–water partition coefficient (Wildman–Crippen LogP) is 3.92. The van der Waals surface area contributed by atoms with Gasteiger partial charge in [0.25, 0.3) is 5.91 Å². The topological polar surface area (TPSA) is 64.1 Å². The summed E-state index contributed by atoms with van der Waals surface area (Å²) >= 11 is 0. The molecule has 2 aromatic rings. The molecule has 144 valence electrons. The second kappa shape index (κ2) is 7.94. The van der Waals surface area contributed by atoms with Crippen LogP contribution >= 0.6 is 0 Å². The van der Waals surface area contributed by atoms with Crippen molar-refractivity contribution in [2.24, 2.45) is 0 Å². The maximum Gasteiger partial charge on any atom is 0.417 e. The van der Waals surface area contributed by atoms with Crippen molar-refractivity contribution in [1.82, 2.24) is 15.3 Å². The van der Waals surface area contributed by atoms with Gasteiger partial charge in [0.1, 0.15) is 6.10 Å². The van der Waals surface area contributed by atoms with Gasteiger partial charge in [-0.3, -0.25) is 9.78 Å². The van der Waals surface area contributed by atoms with Gasteiger partial charge in [0.2, 0.25) is 5.88 Å². The van der Waals surface area contributed by atoms with Gasteiger partial charge >= 0.3 is 6.18 Å². The number of carbonyl (C=O) groups excluding carboxylic acids is 1. The Morgan fingerprint density at radius 1 is 1.15 bits per heavy atom. The average molecular weight is 379 g/mol. The third-order valence-corrected chi connectivity index (χ3v) is 4.61. The third kappa shape index (κ3) is 4.96. The summed E-state index contributed by atoms with van der Waals surface area (Å²) in [6.45, 7) is 1.79. The molecule has 0 spiro atoms. The Morgan fingerprint density at radius 2 is 1.89 bits per heavy atom. The molecular weight excluding hydrogens is 359 g/mol. The van der Waals surface area contributed by atoms with Crippen LogP contribution in [0.3, 0.4) is 0 Å². The van der Waals surface area contributed by atoms with Crippen LogP contribution in [0.5, 0.6) is 5.88 Å². The lowest BCUT2D eigenvalue weighted by Crippen LogP contribution is -2.40. The number of pyridine rings is 2. The summed E-state index contributed by atoms with van der Waals surface area (Å²) in [6, 6.07) is 5.70. The summed E-state index contributed by atoms with van der Waals surface area (Å²) in [5.74, 6) is 0.0378. The maximum absolute atomic E-state index is 12.6. The molecule has 1 N–H and O–H groups in total. The number of halogens is 3. The summed E-state index contributed by atoms with van der Waals surface area (Å²) in [5, 5.41) is 3.01. The molecule has 0 aromatic carbocycles. The monoisotopic (exact) mass is 379 g/mol. The van der Waals surface area contributed by atoms with Crippen molar-refractivity contribution in [2.45, 2.75) is 50.9 Å². The Kier molecular flexibility index (Phi) is 5.62. The van der Waals surface area contributed by atoms with Crippen molar-refractivity contribution in [2.75, 3.05) is 0 Å². The minimum Gasteiger partial charge on any atom is -0.474 e. The highest BCUT2D eigenvalue weighted by molar-refractivity contribution is 5.95. The number of nitrogens with one attached hydrogen (secondary N) is 1. The standard InChI is InChI=1S/C19H20F3N3O2/c1-12-16(3-2-10-23-12)18(26)25-14-5-7-15(8-6-14)27-17-9-4-13(11-24-17)19(20,21)22/h2-4,9-11,14-15H,5-8H2,1H3,(H,25,26). The van der Waals surface area contributed by atoms with Gasteiger partial charge in [0, 0.05) is 30.2 Å². The number of aromatic nitrogens is 2. The number of carbonyl (C=O) groups is 1. The van der Waals surface area contributed by atoms with Gasteiger partial charge in [-0.1, -0.05) is 0 Å². The zero-order chi connectivity index (χ0) is 19.4. The van der Waals surface area contributed by atoms with E-state index in [0.29, 0.717) is 24.1 Å². The molecule has 2 aromatic heterocycles. The lowest BCUT2D eigenvalue weighted by Gasteiger charge is -2.29. The normalized spacial score (nSPS) is 20.1. The summed E-state index contributed by atoms with van der Waals surface area (Å²) < 4.78 is 43.3. The number of alkyl halides is 3. The first-order valence-electron chi connectivity index (χ1n) is 8.75. The quantitative estimate of drug-likeness (QED) is 0.875. The van der Waals surface area contributed by atoms with Crippen molar-refractivity contribution in [3.63, 3.8) is 0 Å². The molecule has 1 saturated carbocycles. The fourth-order valence-electron chi connectivity index (χ4n) is 3.10. The van der Waals surface area contributed by atoms with Gasteiger partial charge in [0.05, 0.1) is 11.1 Å². The van der Waals surface area contributed by atoms with Crippen LogP contribution in [0.4, 0.5) is 13.2 Å². The summed E-state index contributed by atoms with van der Waals surface area (Å²) in [5.41, 5.74) is 0.442. The summed E-state index contributed by atoms with van der Waals surface area (Å²) in [7, 11) is 0.